The van der Waals surface area contributed by atoms with Gasteiger partial charge in [0.2, 0.25) is 0 Å². The van der Waals surface area contributed by atoms with Crippen molar-refractivity contribution in [3.63, 3.8) is 0 Å². The molecule has 0 aliphatic rings. The molecule has 168 valence electrons. The second-order valence-corrected chi connectivity index (χ2v) is 7.36. The van der Waals surface area contributed by atoms with E-state index in [1.165, 1.54) is 70.8 Å². The van der Waals surface area contributed by atoms with Crippen LogP contribution in [0.2, 0.25) is 0 Å². The Morgan fingerprint density at radius 2 is 0.839 bits per heavy atom. The SMILES string of the molecule is CCCCCCCCCCC=CC=CC=CC=CC=CC=CC=CC=CC=CC(C)=O. The molecular weight excluding hydrogens is 376 g/mol. The molecule has 31 heavy (non-hydrogen) atoms. The number of rotatable bonds is 18. The topological polar surface area (TPSA) is 17.1 Å². The minimum Gasteiger partial charge on any atom is -0.295 e. The fourth-order valence-electron chi connectivity index (χ4n) is 2.66. The molecule has 0 saturated heterocycles. The minimum absolute atomic E-state index is 0.0544. The van der Waals surface area contributed by atoms with Crippen molar-refractivity contribution in [2.24, 2.45) is 0 Å². The van der Waals surface area contributed by atoms with Crippen molar-refractivity contribution < 1.29 is 4.79 Å². The molecule has 0 spiro atoms. The molecule has 0 atom stereocenters. The summed E-state index contributed by atoms with van der Waals surface area (Å²) in [7, 11) is 0. The van der Waals surface area contributed by atoms with Crippen LogP contribution in [-0.4, -0.2) is 5.78 Å². The first-order chi connectivity index (χ1) is 15.3. The molecule has 0 aromatic heterocycles. The van der Waals surface area contributed by atoms with Gasteiger partial charge in [0, 0.05) is 0 Å². The van der Waals surface area contributed by atoms with Crippen LogP contribution in [0.15, 0.2) is 109 Å². The molecule has 1 heteroatoms. The molecule has 1 nitrogen and oxygen atoms in total. The van der Waals surface area contributed by atoms with E-state index >= 15 is 0 Å². The van der Waals surface area contributed by atoms with Gasteiger partial charge in [-0.25, -0.2) is 0 Å². The van der Waals surface area contributed by atoms with Crippen LogP contribution >= 0.6 is 0 Å². The maximum atomic E-state index is 10.7. The third-order valence-electron chi connectivity index (χ3n) is 4.36. The molecule has 0 unspecified atom stereocenters. The van der Waals surface area contributed by atoms with Gasteiger partial charge in [-0.05, 0) is 25.8 Å². The Balaban J connectivity index is 3.71. The lowest BCUT2D eigenvalue weighted by molar-refractivity contribution is -0.112. The zero-order chi connectivity index (χ0) is 22.7. The first-order valence-corrected chi connectivity index (χ1v) is 11.8. The molecule has 0 amide bonds. The number of carbonyl (C=O) groups is 1. The molecule has 0 fully saturated rings. The average molecular weight is 419 g/mol. The Hall–Kier alpha value is -2.67. The standard InChI is InChI=1S/C30H42O/c1-3-4-5-6-7-8-9-10-11-12-13-14-15-16-17-18-19-20-21-22-23-24-25-26-27-28-29-30(2)31/h12-29H,3-11H2,1-2H3. The Kier molecular flexibility index (Phi) is 23.2. The van der Waals surface area contributed by atoms with E-state index in [1.807, 2.05) is 72.9 Å². The van der Waals surface area contributed by atoms with Crippen LogP contribution in [0.5, 0.6) is 0 Å². The molecule has 0 aromatic carbocycles. The number of hydrogen-bond acceptors (Lipinski definition) is 1. The van der Waals surface area contributed by atoms with Crippen LogP contribution in [-0.2, 0) is 4.79 Å². The predicted octanol–water partition coefficient (Wildman–Crippen LogP) is 9.11. The van der Waals surface area contributed by atoms with Gasteiger partial charge in [0.25, 0.3) is 0 Å². The van der Waals surface area contributed by atoms with E-state index in [1.54, 1.807) is 6.08 Å². The molecule has 0 saturated carbocycles. The number of carbonyl (C=O) groups excluding carboxylic acids is 1. The molecule has 0 aliphatic carbocycles. The van der Waals surface area contributed by atoms with E-state index in [-0.39, 0.29) is 5.78 Å². The lowest BCUT2D eigenvalue weighted by Crippen LogP contribution is -1.79. The van der Waals surface area contributed by atoms with Crippen LogP contribution in [0.1, 0.15) is 71.6 Å². The summed E-state index contributed by atoms with van der Waals surface area (Å²) in [5.74, 6) is 0.0544. The summed E-state index contributed by atoms with van der Waals surface area (Å²) < 4.78 is 0. The monoisotopic (exact) mass is 418 g/mol. The zero-order valence-electron chi connectivity index (χ0n) is 19.7. The number of hydrogen-bond donors (Lipinski definition) is 0. The van der Waals surface area contributed by atoms with Gasteiger partial charge in [-0.1, -0.05) is 155 Å². The Labute approximate surface area is 191 Å². The van der Waals surface area contributed by atoms with Gasteiger partial charge in [-0.2, -0.15) is 0 Å². The molecule has 0 aromatic rings. The summed E-state index contributed by atoms with van der Waals surface area (Å²) in [5, 5.41) is 0. The average Bonchev–Trinajstić information content (AvgIpc) is 2.76. The normalized spacial score (nSPS) is 13.6. The maximum absolute atomic E-state index is 10.7. The van der Waals surface area contributed by atoms with Crippen molar-refractivity contribution >= 4 is 5.78 Å². The summed E-state index contributed by atoms with van der Waals surface area (Å²) in [6, 6.07) is 0. The molecule has 0 aliphatic heterocycles. The molecule has 0 N–H and O–H groups in total. The second kappa shape index (κ2) is 25.4. The highest BCUT2D eigenvalue weighted by Gasteiger charge is 1.89. The Bertz CT molecular complexity index is 675. The highest BCUT2D eigenvalue weighted by Crippen LogP contribution is 2.09. The second-order valence-electron chi connectivity index (χ2n) is 7.36. The fourth-order valence-corrected chi connectivity index (χ4v) is 2.66. The van der Waals surface area contributed by atoms with Crippen LogP contribution < -0.4 is 0 Å². The summed E-state index contributed by atoms with van der Waals surface area (Å²) in [5.41, 5.74) is 0. The van der Waals surface area contributed by atoms with Crippen LogP contribution in [0.3, 0.4) is 0 Å². The molecule has 0 bridgehead atoms. The minimum atomic E-state index is 0.0544. The van der Waals surface area contributed by atoms with E-state index < -0.39 is 0 Å². The largest absolute Gasteiger partial charge is 0.295 e. The van der Waals surface area contributed by atoms with E-state index in [2.05, 4.69) is 31.2 Å². The highest BCUT2D eigenvalue weighted by molar-refractivity contribution is 5.87. The van der Waals surface area contributed by atoms with Gasteiger partial charge in [-0.15, -0.1) is 0 Å². The molecule has 0 radical (unpaired) electrons. The predicted molar refractivity (Wildman–Crippen MR) is 140 cm³/mol. The highest BCUT2D eigenvalue weighted by atomic mass is 16.1. The van der Waals surface area contributed by atoms with Gasteiger partial charge >= 0.3 is 0 Å². The molecule has 0 heterocycles. The number of allylic oxidation sites excluding steroid dienone is 18. The molecule has 0 rings (SSSR count). The number of ketones is 1. The van der Waals surface area contributed by atoms with E-state index in [9.17, 15) is 4.79 Å². The lowest BCUT2D eigenvalue weighted by Gasteiger charge is -1.99. The van der Waals surface area contributed by atoms with E-state index in [4.69, 9.17) is 0 Å². The zero-order valence-corrected chi connectivity index (χ0v) is 19.7. The van der Waals surface area contributed by atoms with Crippen molar-refractivity contribution in [2.75, 3.05) is 0 Å². The first kappa shape index (κ1) is 28.3. The van der Waals surface area contributed by atoms with Gasteiger partial charge in [0.15, 0.2) is 5.78 Å². The van der Waals surface area contributed by atoms with Crippen molar-refractivity contribution in [2.45, 2.75) is 71.6 Å². The van der Waals surface area contributed by atoms with Gasteiger partial charge in [-0.3, -0.25) is 4.79 Å². The summed E-state index contributed by atoms with van der Waals surface area (Å²) in [6.45, 7) is 3.80. The smallest absolute Gasteiger partial charge is 0.152 e. The summed E-state index contributed by atoms with van der Waals surface area (Å²) in [6.07, 6.45) is 47.6. The molecular formula is C30H42O. The third kappa shape index (κ3) is 27.3. The quantitative estimate of drug-likeness (QED) is 0.123. The van der Waals surface area contributed by atoms with Gasteiger partial charge in [0.05, 0.1) is 0 Å². The number of unbranched alkanes of at least 4 members (excludes halogenated alkanes) is 8. The lowest BCUT2D eigenvalue weighted by atomic mass is 10.1. The van der Waals surface area contributed by atoms with Crippen LogP contribution in [0.25, 0.3) is 0 Å². The van der Waals surface area contributed by atoms with Crippen molar-refractivity contribution in [1.29, 1.82) is 0 Å². The maximum Gasteiger partial charge on any atom is 0.152 e. The van der Waals surface area contributed by atoms with Gasteiger partial charge < -0.3 is 0 Å². The van der Waals surface area contributed by atoms with Crippen LogP contribution in [0, 0.1) is 0 Å². The van der Waals surface area contributed by atoms with Crippen LogP contribution in [0.4, 0.5) is 0 Å². The summed E-state index contributed by atoms with van der Waals surface area (Å²) in [4.78, 5) is 10.7. The van der Waals surface area contributed by atoms with E-state index in [0.717, 1.165) is 0 Å². The Morgan fingerprint density at radius 3 is 1.26 bits per heavy atom. The summed E-state index contributed by atoms with van der Waals surface area (Å²) >= 11 is 0. The van der Waals surface area contributed by atoms with E-state index in [0.29, 0.717) is 0 Å². The van der Waals surface area contributed by atoms with Crippen molar-refractivity contribution in [1.82, 2.24) is 0 Å². The van der Waals surface area contributed by atoms with Crippen molar-refractivity contribution in [3.05, 3.63) is 109 Å². The Morgan fingerprint density at radius 1 is 0.484 bits per heavy atom. The van der Waals surface area contributed by atoms with Gasteiger partial charge in [0.1, 0.15) is 0 Å². The fraction of sp³-hybridized carbons (Fsp3) is 0.367. The third-order valence-corrected chi connectivity index (χ3v) is 4.36. The van der Waals surface area contributed by atoms with Crippen molar-refractivity contribution in [3.8, 4) is 0 Å². The first-order valence-electron chi connectivity index (χ1n) is 11.8.